The van der Waals surface area contributed by atoms with Crippen LogP contribution in [0.1, 0.15) is 40.5 Å². The number of aliphatic hydroxyl groups excluding tert-OH is 1. The van der Waals surface area contributed by atoms with Gasteiger partial charge in [-0.05, 0) is 35.7 Å². The van der Waals surface area contributed by atoms with E-state index in [9.17, 15) is 5.11 Å². The number of hydrogen-bond donors (Lipinski definition) is 1. The van der Waals surface area contributed by atoms with Gasteiger partial charge >= 0.3 is 0 Å². The highest BCUT2D eigenvalue weighted by atomic mass is 32.2. The van der Waals surface area contributed by atoms with Crippen molar-refractivity contribution >= 4 is 11.8 Å². The molecule has 0 radical (unpaired) electrons. The van der Waals surface area contributed by atoms with Crippen LogP contribution in [-0.4, -0.2) is 23.2 Å². The summed E-state index contributed by atoms with van der Waals surface area (Å²) < 4.78 is 0. The Labute approximate surface area is 87.3 Å². The fourth-order valence-electron chi connectivity index (χ4n) is 1.27. The number of thioether (sulfide) groups is 1. The molecule has 0 aromatic heterocycles. The van der Waals surface area contributed by atoms with Crippen LogP contribution in [0.3, 0.4) is 0 Å². The molecule has 0 saturated carbocycles. The van der Waals surface area contributed by atoms with Crippen molar-refractivity contribution in [3.8, 4) is 0 Å². The average molecular weight is 204 g/mol. The second-order valence-corrected chi connectivity index (χ2v) is 5.66. The van der Waals surface area contributed by atoms with Crippen LogP contribution >= 0.6 is 11.8 Å². The van der Waals surface area contributed by atoms with Gasteiger partial charge in [-0.2, -0.15) is 11.8 Å². The minimum atomic E-state index is 0.133. The molecule has 0 aliphatic carbocycles. The van der Waals surface area contributed by atoms with Gasteiger partial charge in [0.15, 0.2) is 0 Å². The first-order valence-corrected chi connectivity index (χ1v) is 6.41. The Bertz CT molecular complexity index is 125. The SMILES string of the molecule is CCSCCCC(C)(CO)C(C)C. The van der Waals surface area contributed by atoms with Gasteiger partial charge in [-0.25, -0.2) is 0 Å². The summed E-state index contributed by atoms with van der Waals surface area (Å²) in [6.45, 7) is 9.10. The third-order valence-corrected chi connectivity index (χ3v) is 3.98. The highest BCUT2D eigenvalue weighted by Gasteiger charge is 2.26. The summed E-state index contributed by atoms with van der Waals surface area (Å²) in [5, 5.41) is 9.31. The Balaban J connectivity index is 3.71. The predicted molar refractivity (Wildman–Crippen MR) is 62.3 cm³/mol. The van der Waals surface area contributed by atoms with Crippen LogP contribution in [0.4, 0.5) is 0 Å². The van der Waals surface area contributed by atoms with E-state index >= 15 is 0 Å². The van der Waals surface area contributed by atoms with Crippen molar-refractivity contribution in [2.24, 2.45) is 11.3 Å². The summed E-state index contributed by atoms with van der Waals surface area (Å²) in [6.07, 6.45) is 2.38. The maximum atomic E-state index is 9.31. The second kappa shape index (κ2) is 6.72. The predicted octanol–water partition coefficient (Wildman–Crippen LogP) is 3.17. The van der Waals surface area contributed by atoms with Crippen LogP contribution < -0.4 is 0 Å². The van der Waals surface area contributed by atoms with Crippen molar-refractivity contribution < 1.29 is 5.11 Å². The fourth-order valence-corrected chi connectivity index (χ4v) is 1.91. The zero-order chi connectivity index (χ0) is 10.3. The van der Waals surface area contributed by atoms with Crippen molar-refractivity contribution in [2.45, 2.75) is 40.5 Å². The number of rotatable bonds is 7. The van der Waals surface area contributed by atoms with Gasteiger partial charge in [0, 0.05) is 6.61 Å². The van der Waals surface area contributed by atoms with E-state index in [2.05, 4.69) is 27.7 Å². The van der Waals surface area contributed by atoms with E-state index in [0.29, 0.717) is 12.5 Å². The van der Waals surface area contributed by atoms with Crippen molar-refractivity contribution in [1.82, 2.24) is 0 Å². The van der Waals surface area contributed by atoms with Crippen LogP contribution in [0.2, 0.25) is 0 Å². The summed E-state index contributed by atoms with van der Waals surface area (Å²) in [5.41, 5.74) is 0.133. The zero-order valence-electron chi connectivity index (χ0n) is 9.47. The molecule has 2 heteroatoms. The number of hydrogen-bond acceptors (Lipinski definition) is 2. The normalized spacial score (nSPS) is 16.2. The largest absolute Gasteiger partial charge is 0.396 e. The summed E-state index contributed by atoms with van der Waals surface area (Å²) in [7, 11) is 0. The Morgan fingerprint density at radius 1 is 1.38 bits per heavy atom. The van der Waals surface area contributed by atoms with E-state index in [1.54, 1.807) is 0 Å². The summed E-state index contributed by atoms with van der Waals surface area (Å²) in [6, 6.07) is 0. The summed E-state index contributed by atoms with van der Waals surface area (Å²) >= 11 is 1.99. The molecule has 0 aromatic rings. The molecule has 0 bridgehead atoms. The third kappa shape index (κ3) is 4.92. The topological polar surface area (TPSA) is 20.2 Å². The van der Waals surface area contributed by atoms with E-state index in [-0.39, 0.29) is 5.41 Å². The minimum Gasteiger partial charge on any atom is -0.396 e. The summed E-state index contributed by atoms with van der Waals surface area (Å²) in [5.74, 6) is 3.01. The van der Waals surface area contributed by atoms with Crippen molar-refractivity contribution in [3.05, 3.63) is 0 Å². The highest BCUT2D eigenvalue weighted by Crippen LogP contribution is 2.32. The van der Waals surface area contributed by atoms with Gasteiger partial charge in [-0.15, -0.1) is 0 Å². The molecule has 1 unspecified atom stereocenters. The van der Waals surface area contributed by atoms with Gasteiger partial charge in [-0.1, -0.05) is 27.7 Å². The first-order valence-electron chi connectivity index (χ1n) is 5.25. The molecule has 1 nitrogen and oxygen atoms in total. The van der Waals surface area contributed by atoms with Crippen molar-refractivity contribution in [2.75, 3.05) is 18.1 Å². The third-order valence-electron chi connectivity index (χ3n) is 3.00. The number of aliphatic hydroxyl groups is 1. The first kappa shape index (κ1) is 13.3. The average Bonchev–Trinajstić information content (AvgIpc) is 2.12. The van der Waals surface area contributed by atoms with Gasteiger partial charge in [0.1, 0.15) is 0 Å². The van der Waals surface area contributed by atoms with Crippen LogP contribution in [0.25, 0.3) is 0 Å². The Kier molecular flexibility index (Phi) is 6.88. The molecule has 1 atom stereocenters. The molecule has 0 spiro atoms. The lowest BCUT2D eigenvalue weighted by Gasteiger charge is -2.31. The van der Waals surface area contributed by atoms with Crippen molar-refractivity contribution in [1.29, 1.82) is 0 Å². The highest BCUT2D eigenvalue weighted by molar-refractivity contribution is 7.99. The van der Waals surface area contributed by atoms with E-state index in [1.165, 1.54) is 17.9 Å². The fraction of sp³-hybridized carbons (Fsp3) is 1.00. The smallest absolute Gasteiger partial charge is 0.0487 e. The lowest BCUT2D eigenvalue weighted by Crippen LogP contribution is -2.27. The van der Waals surface area contributed by atoms with Gasteiger partial charge in [-0.3, -0.25) is 0 Å². The van der Waals surface area contributed by atoms with Crippen LogP contribution in [0.5, 0.6) is 0 Å². The minimum absolute atomic E-state index is 0.133. The molecule has 0 rings (SSSR count). The maximum absolute atomic E-state index is 9.31. The Hall–Kier alpha value is 0.310. The van der Waals surface area contributed by atoms with Gasteiger partial charge in [0.05, 0.1) is 0 Å². The van der Waals surface area contributed by atoms with Crippen molar-refractivity contribution in [3.63, 3.8) is 0 Å². The molecular weight excluding hydrogens is 180 g/mol. The molecule has 0 amide bonds. The summed E-state index contributed by atoms with van der Waals surface area (Å²) in [4.78, 5) is 0. The molecule has 0 aliphatic heterocycles. The monoisotopic (exact) mass is 204 g/mol. The molecule has 0 aliphatic rings. The molecular formula is C11H24OS. The molecule has 0 aromatic carbocycles. The maximum Gasteiger partial charge on any atom is 0.0487 e. The zero-order valence-corrected chi connectivity index (χ0v) is 10.3. The molecule has 0 saturated heterocycles. The van der Waals surface area contributed by atoms with Gasteiger partial charge in [0.25, 0.3) is 0 Å². The van der Waals surface area contributed by atoms with Crippen LogP contribution in [0.15, 0.2) is 0 Å². The Morgan fingerprint density at radius 2 is 2.00 bits per heavy atom. The lowest BCUT2D eigenvalue weighted by molar-refractivity contribution is 0.0850. The van der Waals surface area contributed by atoms with Crippen LogP contribution in [-0.2, 0) is 0 Å². The quantitative estimate of drug-likeness (QED) is 0.643. The van der Waals surface area contributed by atoms with E-state index in [4.69, 9.17) is 0 Å². The van der Waals surface area contributed by atoms with Crippen LogP contribution in [0, 0.1) is 11.3 Å². The Morgan fingerprint density at radius 3 is 2.38 bits per heavy atom. The van der Waals surface area contributed by atoms with E-state index in [0.717, 1.165) is 6.42 Å². The molecule has 80 valence electrons. The molecule has 13 heavy (non-hydrogen) atoms. The second-order valence-electron chi connectivity index (χ2n) is 4.27. The van der Waals surface area contributed by atoms with E-state index < -0.39 is 0 Å². The first-order chi connectivity index (χ1) is 6.06. The van der Waals surface area contributed by atoms with Gasteiger partial charge < -0.3 is 5.11 Å². The lowest BCUT2D eigenvalue weighted by atomic mass is 9.76. The molecule has 1 N–H and O–H groups in total. The molecule has 0 heterocycles. The molecule has 0 fully saturated rings. The van der Waals surface area contributed by atoms with Gasteiger partial charge in [0.2, 0.25) is 0 Å². The standard InChI is InChI=1S/C11H24OS/c1-5-13-8-6-7-11(4,9-12)10(2)3/h10,12H,5-9H2,1-4H3. The van der Waals surface area contributed by atoms with E-state index in [1.807, 2.05) is 11.8 Å².